The lowest BCUT2D eigenvalue weighted by Crippen LogP contribution is -2.36. The first kappa shape index (κ1) is 21.7. The molecule has 144 valence electrons. The molecule has 0 bridgehead atoms. The van der Waals surface area contributed by atoms with Gasteiger partial charge >= 0.3 is 7.60 Å². The van der Waals surface area contributed by atoms with Crippen molar-refractivity contribution in [2.75, 3.05) is 14.2 Å². The van der Waals surface area contributed by atoms with Crippen LogP contribution < -0.4 is 5.32 Å². The minimum Gasteiger partial charge on any atom is -0.338 e. The maximum atomic E-state index is 12.6. The number of hydrogen-bond acceptors (Lipinski definition) is 8. The zero-order valence-electron chi connectivity index (χ0n) is 14.7. The summed E-state index contributed by atoms with van der Waals surface area (Å²) in [6.45, 7) is 3.65. The molecule has 0 fully saturated rings. The number of amides is 1. The van der Waals surface area contributed by atoms with Crippen LogP contribution in [0.2, 0.25) is 0 Å². The molecule has 0 unspecified atom stereocenters. The van der Waals surface area contributed by atoms with Crippen LogP contribution in [-0.4, -0.2) is 35.8 Å². The minimum absolute atomic E-state index is 0.0124. The maximum absolute atomic E-state index is 12.6. The summed E-state index contributed by atoms with van der Waals surface area (Å²) in [7, 11) is -1.34. The van der Waals surface area contributed by atoms with E-state index in [-0.39, 0.29) is 17.9 Å². The highest BCUT2D eigenvalue weighted by Gasteiger charge is 2.36. The van der Waals surface area contributed by atoms with Crippen molar-refractivity contribution in [3.8, 4) is 0 Å². The number of non-ortho nitro benzene ring substituents is 2. The first-order valence-corrected chi connectivity index (χ1v) is 9.11. The Kier molecular flexibility index (Phi) is 7.37. The van der Waals surface area contributed by atoms with Crippen molar-refractivity contribution in [1.29, 1.82) is 0 Å². The highest BCUT2D eigenvalue weighted by molar-refractivity contribution is 7.54. The van der Waals surface area contributed by atoms with Crippen molar-refractivity contribution < 1.29 is 28.3 Å². The van der Waals surface area contributed by atoms with Crippen LogP contribution in [0.1, 0.15) is 30.6 Å². The van der Waals surface area contributed by atoms with Gasteiger partial charge in [-0.1, -0.05) is 13.8 Å². The van der Waals surface area contributed by atoms with Gasteiger partial charge in [-0.2, -0.15) is 0 Å². The van der Waals surface area contributed by atoms with Crippen LogP contribution in [0.5, 0.6) is 0 Å². The van der Waals surface area contributed by atoms with Gasteiger partial charge in [0, 0.05) is 26.4 Å². The second-order valence-electron chi connectivity index (χ2n) is 5.78. The number of hydrogen-bond donors (Lipinski definition) is 1. The van der Waals surface area contributed by atoms with Crippen LogP contribution in [0.25, 0.3) is 0 Å². The summed E-state index contributed by atoms with van der Waals surface area (Å²) in [5.74, 6) is -1.88. The summed E-state index contributed by atoms with van der Waals surface area (Å²) < 4.78 is 22.5. The van der Waals surface area contributed by atoms with Crippen LogP contribution in [0.15, 0.2) is 18.2 Å². The van der Waals surface area contributed by atoms with Gasteiger partial charge in [0.25, 0.3) is 17.3 Å². The summed E-state index contributed by atoms with van der Waals surface area (Å²) in [6.07, 6.45) is 0.238. The molecule has 0 spiro atoms. The predicted octanol–water partition coefficient (Wildman–Crippen LogP) is 3.09. The number of nitro benzene ring substituents is 2. The molecule has 0 saturated heterocycles. The largest absolute Gasteiger partial charge is 0.352 e. The zero-order chi connectivity index (χ0) is 20.1. The van der Waals surface area contributed by atoms with E-state index in [2.05, 4.69) is 5.32 Å². The molecule has 0 aromatic heterocycles. The summed E-state index contributed by atoms with van der Waals surface area (Å²) in [5, 5.41) is 24.3. The lowest BCUT2D eigenvalue weighted by atomic mass is 10.1. The van der Waals surface area contributed by atoms with E-state index < -0.39 is 40.5 Å². The number of carbonyl (C=O) groups is 1. The smallest absolute Gasteiger partial charge is 0.338 e. The zero-order valence-corrected chi connectivity index (χ0v) is 15.6. The number of benzene rings is 1. The first-order chi connectivity index (χ1) is 12.0. The summed E-state index contributed by atoms with van der Waals surface area (Å²) in [5.41, 5.74) is -1.52. The van der Waals surface area contributed by atoms with Crippen molar-refractivity contribution in [3.05, 3.63) is 44.0 Å². The quantitative estimate of drug-likeness (QED) is 0.384. The first-order valence-electron chi connectivity index (χ1n) is 7.50. The third-order valence-electron chi connectivity index (χ3n) is 3.47. The molecule has 1 N–H and O–H groups in total. The average Bonchev–Trinajstić information content (AvgIpc) is 2.59. The molecule has 26 heavy (non-hydrogen) atoms. The van der Waals surface area contributed by atoms with Gasteiger partial charge in [0.05, 0.1) is 21.5 Å². The highest BCUT2D eigenvalue weighted by Crippen LogP contribution is 2.52. The molecule has 0 aliphatic carbocycles. The van der Waals surface area contributed by atoms with Crippen LogP contribution in [0.4, 0.5) is 11.4 Å². The molecule has 11 nitrogen and oxygen atoms in total. The van der Waals surface area contributed by atoms with Crippen molar-refractivity contribution in [3.63, 3.8) is 0 Å². The van der Waals surface area contributed by atoms with Gasteiger partial charge in [-0.25, -0.2) is 0 Å². The van der Waals surface area contributed by atoms with Gasteiger partial charge in [0.1, 0.15) is 5.78 Å². The monoisotopic (exact) mass is 389 g/mol. The summed E-state index contributed by atoms with van der Waals surface area (Å²) in [6, 6.07) is 2.55. The SMILES string of the molecule is COP(=O)(OC)[C@H](CC(C)C)NC(=O)c1cc([N+](=O)[O-])cc([N+](=O)[O-])c1. The molecule has 0 heterocycles. The van der Waals surface area contributed by atoms with Gasteiger partial charge in [-0.05, 0) is 12.3 Å². The molecular weight excluding hydrogens is 369 g/mol. The number of rotatable bonds is 9. The Balaban J connectivity index is 3.26. The molecular formula is C14H20N3O8P. The van der Waals surface area contributed by atoms with E-state index in [4.69, 9.17) is 9.05 Å². The van der Waals surface area contributed by atoms with Crippen LogP contribution in [-0.2, 0) is 13.6 Å². The summed E-state index contributed by atoms with van der Waals surface area (Å²) in [4.78, 5) is 32.7. The molecule has 0 aliphatic rings. The fourth-order valence-electron chi connectivity index (χ4n) is 2.21. The number of nitrogens with zero attached hydrogens (tertiary/aromatic N) is 2. The third kappa shape index (κ3) is 5.32. The number of nitrogens with one attached hydrogen (secondary N) is 1. The van der Waals surface area contributed by atoms with Crippen LogP contribution in [0.3, 0.4) is 0 Å². The molecule has 1 amide bonds. The molecule has 12 heteroatoms. The normalized spacial score (nSPS) is 12.7. The lowest BCUT2D eigenvalue weighted by Gasteiger charge is -2.26. The van der Waals surface area contributed by atoms with E-state index in [0.717, 1.165) is 18.2 Å². The van der Waals surface area contributed by atoms with Crippen LogP contribution >= 0.6 is 7.60 Å². The van der Waals surface area contributed by atoms with E-state index in [1.807, 2.05) is 13.8 Å². The van der Waals surface area contributed by atoms with Gasteiger partial charge in [-0.3, -0.25) is 29.6 Å². The van der Waals surface area contributed by atoms with Crippen LogP contribution in [0, 0.1) is 26.1 Å². The predicted molar refractivity (Wildman–Crippen MR) is 92.1 cm³/mol. The Labute approximate surface area is 149 Å². The van der Waals surface area contributed by atoms with E-state index in [0.29, 0.717) is 0 Å². The highest BCUT2D eigenvalue weighted by atomic mass is 31.2. The topological polar surface area (TPSA) is 151 Å². The van der Waals surface area contributed by atoms with Crippen molar-refractivity contribution in [2.45, 2.75) is 26.1 Å². The second-order valence-corrected chi connectivity index (χ2v) is 8.21. The molecule has 1 atom stereocenters. The van der Waals surface area contributed by atoms with Gasteiger partial charge in [0.2, 0.25) is 0 Å². The van der Waals surface area contributed by atoms with E-state index in [1.165, 1.54) is 14.2 Å². The Morgan fingerprint density at radius 2 is 1.58 bits per heavy atom. The van der Waals surface area contributed by atoms with Crippen molar-refractivity contribution >= 4 is 24.9 Å². The lowest BCUT2D eigenvalue weighted by molar-refractivity contribution is -0.394. The maximum Gasteiger partial charge on any atom is 0.352 e. The average molecular weight is 389 g/mol. The van der Waals surface area contributed by atoms with Gasteiger partial charge in [-0.15, -0.1) is 0 Å². The number of carbonyl (C=O) groups excluding carboxylic acids is 1. The minimum atomic E-state index is -3.68. The molecule has 0 aliphatic heterocycles. The Hall–Kier alpha value is -2.36. The summed E-state index contributed by atoms with van der Waals surface area (Å²) >= 11 is 0. The van der Waals surface area contributed by atoms with Crippen molar-refractivity contribution in [2.24, 2.45) is 5.92 Å². The van der Waals surface area contributed by atoms with Gasteiger partial charge in [0.15, 0.2) is 0 Å². The molecule has 1 aromatic carbocycles. The fraction of sp³-hybridized carbons (Fsp3) is 0.500. The standard InChI is InChI=1S/C14H20N3O8P/c1-9(2)5-13(26(23,24-3)25-4)15-14(18)10-6-11(16(19)20)8-12(7-10)17(21)22/h6-9,13H,5H2,1-4H3,(H,15,18)/t13-/m1/s1. The molecule has 0 radical (unpaired) electrons. The molecule has 1 aromatic rings. The number of nitro groups is 2. The Bertz CT molecular complexity index is 711. The van der Waals surface area contributed by atoms with Crippen molar-refractivity contribution in [1.82, 2.24) is 5.32 Å². The second kappa shape index (κ2) is 8.84. The Morgan fingerprint density at radius 3 is 1.92 bits per heavy atom. The fourth-order valence-corrected chi connectivity index (χ4v) is 3.83. The van der Waals surface area contributed by atoms with E-state index >= 15 is 0 Å². The van der Waals surface area contributed by atoms with E-state index in [1.54, 1.807) is 0 Å². The molecule has 1 rings (SSSR count). The third-order valence-corrected chi connectivity index (χ3v) is 5.59. The van der Waals surface area contributed by atoms with Gasteiger partial charge < -0.3 is 14.4 Å². The molecule has 0 saturated carbocycles. The Morgan fingerprint density at radius 1 is 1.12 bits per heavy atom. The van der Waals surface area contributed by atoms with E-state index in [9.17, 15) is 29.6 Å².